The largest absolute Gasteiger partial charge is 0.310 e. The monoisotopic (exact) mass is 721 g/mol. The number of anilines is 3. The van der Waals surface area contributed by atoms with E-state index in [2.05, 4.69) is 201 Å². The summed E-state index contributed by atoms with van der Waals surface area (Å²) >= 11 is 0. The molecular formula is C55H47N. The highest BCUT2D eigenvalue weighted by molar-refractivity contribution is 5.90. The van der Waals surface area contributed by atoms with Crippen molar-refractivity contribution in [1.82, 2.24) is 0 Å². The van der Waals surface area contributed by atoms with E-state index in [0.717, 1.165) is 5.69 Å². The first kappa shape index (κ1) is 34.3. The van der Waals surface area contributed by atoms with E-state index < -0.39 is 0 Å². The number of rotatable bonds is 7. The molecule has 0 amide bonds. The van der Waals surface area contributed by atoms with Gasteiger partial charge in [-0.25, -0.2) is 0 Å². The maximum atomic E-state index is 2.45. The van der Waals surface area contributed by atoms with Crippen molar-refractivity contribution in [3.05, 3.63) is 199 Å². The fourth-order valence-electron chi connectivity index (χ4n) is 9.48. The summed E-state index contributed by atoms with van der Waals surface area (Å²) in [6.07, 6.45) is 6.67. The van der Waals surface area contributed by atoms with E-state index in [4.69, 9.17) is 0 Å². The lowest BCUT2D eigenvalue weighted by molar-refractivity contribution is 0.443. The van der Waals surface area contributed by atoms with Crippen LogP contribution in [0.15, 0.2) is 182 Å². The molecule has 0 saturated heterocycles. The first-order valence-corrected chi connectivity index (χ1v) is 20.4. The van der Waals surface area contributed by atoms with E-state index in [1.165, 1.54) is 115 Å². The molecule has 8 aromatic rings. The molecule has 0 aromatic heterocycles. The molecule has 2 aliphatic carbocycles. The van der Waals surface area contributed by atoms with E-state index in [1.54, 1.807) is 0 Å². The van der Waals surface area contributed by atoms with Gasteiger partial charge in [-0.05, 0) is 139 Å². The third-order valence-corrected chi connectivity index (χ3v) is 12.7. The topological polar surface area (TPSA) is 3.24 Å². The van der Waals surface area contributed by atoms with Crippen molar-refractivity contribution in [3.63, 3.8) is 0 Å². The molecule has 1 nitrogen and oxygen atoms in total. The Morgan fingerprint density at radius 1 is 0.393 bits per heavy atom. The lowest BCUT2D eigenvalue weighted by Crippen LogP contribution is -2.16. The lowest BCUT2D eigenvalue weighted by atomic mass is 9.81. The molecule has 1 fully saturated rings. The molecule has 10 rings (SSSR count). The SMILES string of the molecule is CC1(C)c2cc(-c3ccc4ccccc4c3)ccc2-c2ccc(N(c3ccc(-c4ccc(-c5ccccc5)cc4)cc3)c3ccc(C4CCCCC4)cc3)cc21. The lowest BCUT2D eigenvalue weighted by Gasteiger charge is -2.29. The van der Waals surface area contributed by atoms with Gasteiger partial charge in [0, 0.05) is 22.5 Å². The highest BCUT2D eigenvalue weighted by atomic mass is 15.1. The highest BCUT2D eigenvalue weighted by Crippen LogP contribution is 2.52. The van der Waals surface area contributed by atoms with Gasteiger partial charge in [0.05, 0.1) is 0 Å². The minimum Gasteiger partial charge on any atom is -0.310 e. The summed E-state index contributed by atoms with van der Waals surface area (Å²) < 4.78 is 0. The van der Waals surface area contributed by atoms with Crippen LogP contribution in [0.5, 0.6) is 0 Å². The van der Waals surface area contributed by atoms with Crippen molar-refractivity contribution >= 4 is 27.8 Å². The number of nitrogens with zero attached hydrogens (tertiary/aromatic N) is 1. The van der Waals surface area contributed by atoms with Gasteiger partial charge in [-0.1, -0.05) is 167 Å². The average Bonchev–Trinajstić information content (AvgIpc) is 3.49. The van der Waals surface area contributed by atoms with Crippen molar-refractivity contribution < 1.29 is 0 Å². The minimum absolute atomic E-state index is 0.153. The Hall–Kier alpha value is -6.18. The number of fused-ring (bicyclic) bond motifs is 4. The molecule has 56 heavy (non-hydrogen) atoms. The fraction of sp³-hybridized carbons (Fsp3) is 0.164. The van der Waals surface area contributed by atoms with Gasteiger partial charge in [0.25, 0.3) is 0 Å². The van der Waals surface area contributed by atoms with E-state index in [0.29, 0.717) is 5.92 Å². The molecule has 272 valence electrons. The summed E-state index contributed by atoms with van der Waals surface area (Å²) in [6.45, 7) is 4.79. The van der Waals surface area contributed by atoms with Gasteiger partial charge < -0.3 is 4.90 Å². The van der Waals surface area contributed by atoms with Crippen molar-refractivity contribution in [2.75, 3.05) is 4.90 Å². The van der Waals surface area contributed by atoms with Gasteiger partial charge in [-0.15, -0.1) is 0 Å². The fourth-order valence-corrected chi connectivity index (χ4v) is 9.48. The van der Waals surface area contributed by atoms with Crippen molar-refractivity contribution in [2.45, 2.75) is 57.3 Å². The molecule has 0 heterocycles. The molecule has 0 atom stereocenters. The van der Waals surface area contributed by atoms with Crippen LogP contribution >= 0.6 is 0 Å². The van der Waals surface area contributed by atoms with Gasteiger partial charge in [-0.3, -0.25) is 0 Å². The van der Waals surface area contributed by atoms with Crippen LogP contribution in [0.4, 0.5) is 17.1 Å². The summed E-state index contributed by atoms with van der Waals surface area (Å²) in [5.41, 5.74) is 17.7. The molecule has 0 aliphatic heterocycles. The maximum absolute atomic E-state index is 2.45. The molecule has 1 saturated carbocycles. The van der Waals surface area contributed by atoms with E-state index >= 15 is 0 Å². The van der Waals surface area contributed by atoms with Crippen LogP contribution < -0.4 is 4.90 Å². The summed E-state index contributed by atoms with van der Waals surface area (Å²) in [5.74, 6) is 0.678. The highest BCUT2D eigenvalue weighted by Gasteiger charge is 2.36. The normalized spacial score (nSPS) is 14.7. The number of hydrogen-bond acceptors (Lipinski definition) is 1. The molecule has 0 radical (unpaired) electrons. The Labute approximate surface area is 331 Å². The van der Waals surface area contributed by atoms with E-state index in [-0.39, 0.29) is 5.41 Å². The van der Waals surface area contributed by atoms with Gasteiger partial charge in [0.15, 0.2) is 0 Å². The van der Waals surface area contributed by atoms with Crippen LogP contribution in [0.2, 0.25) is 0 Å². The standard InChI is InChI=1S/C55H47N/c1-55(2)53-36-47(46-22-21-40-15-9-10-16-45(40)35-46)27-33-51(53)52-34-32-50(37-54(52)55)56(48-28-23-43(24-29-48)39-13-7-4-8-14-39)49-30-25-44(26-31-49)42-19-17-41(18-20-42)38-11-5-3-6-12-38/h3,5-6,9-12,15-37,39H,4,7-8,13-14H2,1-2H3. The van der Waals surface area contributed by atoms with Gasteiger partial charge in [0.2, 0.25) is 0 Å². The van der Waals surface area contributed by atoms with Crippen LogP contribution in [0, 0.1) is 0 Å². The predicted molar refractivity (Wildman–Crippen MR) is 238 cm³/mol. The Balaban J connectivity index is 1.01. The second-order valence-corrected chi connectivity index (χ2v) is 16.4. The molecule has 1 heteroatoms. The first-order valence-electron chi connectivity index (χ1n) is 20.4. The van der Waals surface area contributed by atoms with Crippen molar-refractivity contribution in [2.24, 2.45) is 0 Å². The summed E-state index contributed by atoms with van der Waals surface area (Å²) in [7, 11) is 0. The van der Waals surface area contributed by atoms with Gasteiger partial charge in [-0.2, -0.15) is 0 Å². The zero-order valence-corrected chi connectivity index (χ0v) is 32.4. The number of hydrogen-bond donors (Lipinski definition) is 0. The van der Waals surface area contributed by atoms with Crippen LogP contribution in [0.1, 0.15) is 68.6 Å². The smallest absolute Gasteiger partial charge is 0.0465 e. The molecule has 0 spiro atoms. The Morgan fingerprint density at radius 3 is 1.55 bits per heavy atom. The summed E-state index contributed by atoms with van der Waals surface area (Å²) in [5, 5.41) is 2.55. The van der Waals surface area contributed by atoms with Gasteiger partial charge in [0.1, 0.15) is 0 Å². The molecule has 0 bridgehead atoms. The van der Waals surface area contributed by atoms with Crippen LogP contribution in [-0.2, 0) is 5.41 Å². The minimum atomic E-state index is -0.153. The summed E-state index contributed by atoms with van der Waals surface area (Å²) in [4.78, 5) is 2.45. The Morgan fingerprint density at radius 2 is 0.875 bits per heavy atom. The summed E-state index contributed by atoms with van der Waals surface area (Å²) in [6, 6.07) is 67.9. The van der Waals surface area contributed by atoms with Crippen LogP contribution in [0.25, 0.3) is 55.3 Å². The second-order valence-electron chi connectivity index (χ2n) is 16.4. The first-order chi connectivity index (χ1) is 27.5. The van der Waals surface area contributed by atoms with E-state index in [9.17, 15) is 0 Å². The molecule has 0 N–H and O–H groups in total. The average molecular weight is 722 g/mol. The third-order valence-electron chi connectivity index (χ3n) is 12.7. The molecular weight excluding hydrogens is 675 g/mol. The quantitative estimate of drug-likeness (QED) is 0.158. The predicted octanol–water partition coefficient (Wildman–Crippen LogP) is 15.7. The second kappa shape index (κ2) is 14.2. The van der Waals surface area contributed by atoms with Crippen LogP contribution in [0.3, 0.4) is 0 Å². The maximum Gasteiger partial charge on any atom is 0.0465 e. The zero-order valence-electron chi connectivity index (χ0n) is 32.4. The Kier molecular flexibility index (Phi) is 8.67. The molecule has 8 aromatic carbocycles. The van der Waals surface area contributed by atoms with Crippen molar-refractivity contribution in [3.8, 4) is 44.5 Å². The molecule has 2 aliphatic rings. The zero-order chi connectivity index (χ0) is 37.6. The molecule has 0 unspecified atom stereocenters. The van der Waals surface area contributed by atoms with Crippen molar-refractivity contribution in [1.29, 1.82) is 0 Å². The van der Waals surface area contributed by atoms with Gasteiger partial charge >= 0.3 is 0 Å². The third kappa shape index (κ3) is 6.22. The van der Waals surface area contributed by atoms with E-state index in [1.807, 2.05) is 0 Å². The number of benzene rings is 8. The Bertz CT molecular complexity index is 2660. The van der Waals surface area contributed by atoms with Crippen LogP contribution in [-0.4, -0.2) is 0 Å².